The van der Waals surface area contributed by atoms with Crippen molar-refractivity contribution in [2.75, 3.05) is 0 Å². The normalized spacial score (nSPS) is 12.8. The second kappa shape index (κ2) is 5.74. The van der Waals surface area contributed by atoms with Gasteiger partial charge in [0.05, 0.1) is 12.4 Å². The summed E-state index contributed by atoms with van der Waals surface area (Å²) in [6, 6.07) is 8.10. The molecule has 0 N–H and O–H groups in total. The van der Waals surface area contributed by atoms with E-state index in [4.69, 9.17) is 11.6 Å². The molecule has 90 valence electrons. The van der Waals surface area contributed by atoms with Crippen LogP contribution in [-0.2, 0) is 0 Å². The van der Waals surface area contributed by atoms with Crippen LogP contribution in [0, 0.1) is 6.92 Å². The van der Waals surface area contributed by atoms with E-state index in [1.165, 1.54) is 16.7 Å². The summed E-state index contributed by atoms with van der Waals surface area (Å²) >= 11 is 18.5. The Bertz CT molecular complexity index is 551. The number of aryl methyl sites for hydroxylation is 1. The molecule has 17 heavy (non-hydrogen) atoms. The van der Waals surface area contributed by atoms with Gasteiger partial charge in [0, 0.05) is 5.02 Å². The Hall–Kier alpha value is 0.650. The van der Waals surface area contributed by atoms with Crippen molar-refractivity contribution in [1.29, 1.82) is 0 Å². The van der Waals surface area contributed by atoms with E-state index in [1.54, 1.807) is 11.3 Å². The number of benzene rings is 1. The first kappa shape index (κ1) is 14.1. The molecule has 0 spiro atoms. The van der Waals surface area contributed by atoms with Crippen molar-refractivity contribution in [3.63, 3.8) is 0 Å². The minimum absolute atomic E-state index is 0.177. The Labute approximate surface area is 135 Å². The first-order valence-corrected chi connectivity index (χ1v) is 8.53. The SMILES string of the molecule is Cc1cc(Cl)ccc1C(Br)c1cc(Br)sc1Br. The number of hydrogen-bond acceptors (Lipinski definition) is 1. The lowest BCUT2D eigenvalue weighted by Gasteiger charge is -2.13. The van der Waals surface area contributed by atoms with Crippen molar-refractivity contribution in [3.8, 4) is 0 Å². The van der Waals surface area contributed by atoms with E-state index in [2.05, 4.69) is 66.8 Å². The molecular formula is C12H8Br3ClS. The van der Waals surface area contributed by atoms with Crippen LogP contribution in [0.1, 0.15) is 21.5 Å². The van der Waals surface area contributed by atoms with Crippen molar-refractivity contribution >= 4 is 70.7 Å². The summed E-state index contributed by atoms with van der Waals surface area (Å²) in [7, 11) is 0. The Morgan fingerprint density at radius 2 is 1.88 bits per heavy atom. The van der Waals surface area contributed by atoms with Gasteiger partial charge in [0.1, 0.15) is 0 Å². The maximum atomic E-state index is 5.97. The number of halogens is 4. The second-order valence-electron chi connectivity index (χ2n) is 3.64. The molecule has 0 fully saturated rings. The van der Waals surface area contributed by atoms with Crippen LogP contribution in [0.3, 0.4) is 0 Å². The first-order valence-electron chi connectivity index (χ1n) is 4.84. The number of rotatable bonds is 2. The maximum Gasteiger partial charge on any atom is 0.0757 e. The van der Waals surface area contributed by atoms with Gasteiger partial charge in [-0.05, 0) is 73.7 Å². The number of hydrogen-bond donors (Lipinski definition) is 0. The summed E-state index contributed by atoms with van der Waals surface area (Å²) < 4.78 is 2.26. The third-order valence-corrected chi connectivity index (χ3v) is 6.07. The van der Waals surface area contributed by atoms with Gasteiger partial charge < -0.3 is 0 Å². The molecule has 5 heteroatoms. The van der Waals surface area contributed by atoms with E-state index in [1.807, 2.05) is 12.1 Å². The van der Waals surface area contributed by atoms with Crippen molar-refractivity contribution in [2.24, 2.45) is 0 Å². The molecule has 0 aliphatic carbocycles. The van der Waals surface area contributed by atoms with Crippen LogP contribution in [0.5, 0.6) is 0 Å². The molecule has 0 amide bonds. The van der Waals surface area contributed by atoms with Gasteiger partial charge in [0.15, 0.2) is 0 Å². The summed E-state index contributed by atoms with van der Waals surface area (Å²) in [5.74, 6) is 0. The van der Waals surface area contributed by atoms with E-state index in [0.29, 0.717) is 0 Å². The molecule has 0 aliphatic heterocycles. The van der Waals surface area contributed by atoms with E-state index in [9.17, 15) is 0 Å². The average Bonchev–Trinajstić information content (AvgIpc) is 2.57. The molecule has 2 rings (SSSR count). The molecule has 0 saturated carbocycles. The highest BCUT2D eigenvalue weighted by Crippen LogP contribution is 2.42. The van der Waals surface area contributed by atoms with Gasteiger partial charge in [-0.15, -0.1) is 11.3 Å². The van der Waals surface area contributed by atoms with Gasteiger partial charge in [-0.2, -0.15) is 0 Å². The van der Waals surface area contributed by atoms with Crippen LogP contribution in [0.4, 0.5) is 0 Å². The van der Waals surface area contributed by atoms with E-state index >= 15 is 0 Å². The largest absolute Gasteiger partial charge is 0.121 e. The molecule has 1 aromatic carbocycles. The summed E-state index contributed by atoms with van der Waals surface area (Å²) in [4.78, 5) is 0.177. The van der Waals surface area contributed by atoms with Crippen molar-refractivity contribution in [1.82, 2.24) is 0 Å². The highest BCUT2D eigenvalue weighted by molar-refractivity contribution is 9.12. The Kier molecular flexibility index (Phi) is 4.75. The van der Waals surface area contributed by atoms with Crippen LogP contribution in [-0.4, -0.2) is 0 Å². The molecule has 1 atom stereocenters. The highest BCUT2D eigenvalue weighted by Gasteiger charge is 2.18. The maximum absolute atomic E-state index is 5.97. The third-order valence-electron chi connectivity index (χ3n) is 2.46. The number of thiophene rings is 1. The predicted molar refractivity (Wildman–Crippen MR) is 86.7 cm³/mol. The van der Waals surface area contributed by atoms with Gasteiger partial charge >= 0.3 is 0 Å². The smallest absolute Gasteiger partial charge is 0.0757 e. The van der Waals surface area contributed by atoms with Gasteiger partial charge in [-0.25, -0.2) is 0 Å². The van der Waals surface area contributed by atoms with Crippen LogP contribution >= 0.6 is 70.7 Å². The fraction of sp³-hybridized carbons (Fsp3) is 0.167. The molecular weight excluding hydrogens is 451 g/mol. The first-order chi connectivity index (χ1) is 7.99. The standard InChI is InChI=1S/C12H8Br3ClS/c1-6-4-7(16)2-3-8(6)11(14)9-5-10(13)17-12(9)15/h2-5,11H,1H3. The van der Waals surface area contributed by atoms with Crippen LogP contribution in [0.15, 0.2) is 31.8 Å². The fourth-order valence-electron chi connectivity index (χ4n) is 1.62. The summed E-state index contributed by atoms with van der Waals surface area (Å²) in [6.45, 7) is 2.07. The Morgan fingerprint density at radius 3 is 2.41 bits per heavy atom. The third kappa shape index (κ3) is 3.16. The number of alkyl halides is 1. The van der Waals surface area contributed by atoms with E-state index in [0.717, 1.165) is 12.6 Å². The highest BCUT2D eigenvalue weighted by atomic mass is 79.9. The topological polar surface area (TPSA) is 0 Å². The lowest BCUT2D eigenvalue weighted by Crippen LogP contribution is -1.94. The lowest BCUT2D eigenvalue weighted by molar-refractivity contribution is 1.15. The van der Waals surface area contributed by atoms with Crippen molar-refractivity contribution in [2.45, 2.75) is 11.8 Å². The second-order valence-corrected chi connectivity index (χ2v) is 8.74. The fourth-order valence-corrected chi connectivity index (χ4v) is 6.08. The minimum atomic E-state index is 0.177. The van der Waals surface area contributed by atoms with Crippen molar-refractivity contribution < 1.29 is 0 Å². The zero-order valence-electron chi connectivity index (χ0n) is 8.81. The molecule has 2 aromatic rings. The van der Waals surface area contributed by atoms with E-state index < -0.39 is 0 Å². The van der Waals surface area contributed by atoms with Gasteiger partial charge in [0.2, 0.25) is 0 Å². The minimum Gasteiger partial charge on any atom is -0.121 e. The van der Waals surface area contributed by atoms with Gasteiger partial charge in [0.25, 0.3) is 0 Å². The van der Waals surface area contributed by atoms with Crippen molar-refractivity contribution in [3.05, 3.63) is 53.6 Å². The molecule has 0 nitrogen and oxygen atoms in total. The average molecular weight is 459 g/mol. The molecule has 0 bridgehead atoms. The van der Waals surface area contributed by atoms with Gasteiger partial charge in [-0.3, -0.25) is 0 Å². The van der Waals surface area contributed by atoms with Crippen LogP contribution in [0.25, 0.3) is 0 Å². The predicted octanol–water partition coefficient (Wildman–Crippen LogP) is 6.72. The molecule has 1 aromatic heterocycles. The van der Waals surface area contributed by atoms with Crippen LogP contribution < -0.4 is 0 Å². The molecule has 0 aliphatic rings. The zero-order valence-corrected chi connectivity index (χ0v) is 15.1. The summed E-state index contributed by atoms with van der Waals surface area (Å²) in [6.07, 6.45) is 0. The zero-order chi connectivity index (χ0) is 12.6. The van der Waals surface area contributed by atoms with Gasteiger partial charge in [-0.1, -0.05) is 33.6 Å². The quantitative estimate of drug-likeness (QED) is 0.438. The molecule has 0 radical (unpaired) electrons. The molecule has 0 saturated heterocycles. The van der Waals surface area contributed by atoms with Crippen LogP contribution in [0.2, 0.25) is 5.02 Å². The van der Waals surface area contributed by atoms with E-state index in [-0.39, 0.29) is 4.83 Å². The monoisotopic (exact) mass is 456 g/mol. The molecule has 1 heterocycles. The molecule has 1 unspecified atom stereocenters. The summed E-state index contributed by atoms with van der Waals surface area (Å²) in [5, 5.41) is 0.775. The summed E-state index contributed by atoms with van der Waals surface area (Å²) in [5.41, 5.74) is 3.65. The Balaban J connectivity index is 2.43. The lowest BCUT2D eigenvalue weighted by atomic mass is 10.0. The Morgan fingerprint density at radius 1 is 1.18 bits per heavy atom.